The number of benzene rings is 2. The Labute approximate surface area is 193 Å². The highest BCUT2D eigenvalue weighted by Gasteiger charge is 2.23. The van der Waals surface area contributed by atoms with E-state index in [0.717, 1.165) is 10.4 Å². The number of carbonyl (C=O) groups is 2. The molecule has 0 spiro atoms. The van der Waals surface area contributed by atoms with Crippen LogP contribution in [0.25, 0.3) is 0 Å². The summed E-state index contributed by atoms with van der Waals surface area (Å²) in [7, 11) is 0. The zero-order valence-corrected chi connectivity index (χ0v) is 19.4. The Morgan fingerprint density at radius 3 is 2.23 bits per heavy atom. The van der Waals surface area contributed by atoms with Gasteiger partial charge in [-0.05, 0) is 47.2 Å². The van der Waals surface area contributed by atoms with Crippen molar-refractivity contribution in [2.75, 3.05) is 13.1 Å². The standard InChI is InChI=1S/C25H27ClN2O2S/c1-19(2)15-28(25(30)21-10-12-22(26)13-11-21)18-24(29)27(17-23-9-6-14-31-23)16-20-7-4-3-5-8-20/h3-14,19H,15-18H2,1-2H3. The smallest absolute Gasteiger partial charge is 0.254 e. The molecule has 0 N–H and O–H groups in total. The zero-order chi connectivity index (χ0) is 22.2. The molecule has 4 nitrogen and oxygen atoms in total. The predicted molar refractivity (Wildman–Crippen MR) is 127 cm³/mol. The maximum Gasteiger partial charge on any atom is 0.254 e. The van der Waals surface area contributed by atoms with Crippen LogP contribution >= 0.6 is 22.9 Å². The number of halogens is 1. The fraction of sp³-hybridized carbons (Fsp3) is 0.280. The van der Waals surface area contributed by atoms with E-state index >= 15 is 0 Å². The molecule has 0 radical (unpaired) electrons. The molecular weight excluding hydrogens is 428 g/mol. The van der Waals surface area contributed by atoms with Crippen molar-refractivity contribution in [2.45, 2.75) is 26.9 Å². The summed E-state index contributed by atoms with van der Waals surface area (Å²) in [5, 5.41) is 2.59. The molecular formula is C25H27ClN2O2S. The highest BCUT2D eigenvalue weighted by Crippen LogP contribution is 2.17. The number of carbonyl (C=O) groups excluding carboxylic acids is 2. The predicted octanol–water partition coefficient (Wildman–Crippen LogP) is 5.73. The summed E-state index contributed by atoms with van der Waals surface area (Å²) in [5.41, 5.74) is 1.59. The van der Waals surface area contributed by atoms with Gasteiger partial charge in [0.2, 0.25) is 5.91 Å². The summed E-state index contributed by atoms with van der Waals surface area (Å²) in [4.78, 5) is 31.1. The van der Waals surface area contributed by atoms with Crippen LogP contribution in [-0.4, -0.2) is 34.7 Å². The molecule has 0 aliphatic heterocycles. The van der Waals surface area contributed by atoms with Gasteiger partial charge in [-0.3, -0.25) is 9.59 Å². The van der Waals surface area contributed by atoms with Crippen LogP contribution in [0.4, 0.5) is 0 Å². The molecule has 2 aromatic carbocycles. The SMILES string of the molecule is CC(C)CN(CC(=O)N(Cc1ccccc1)Cc1cccs1)C(=O)c1ccc(Cl)cc1. The molecule has 162 valence electrons. The molecule has 0 aliphatic carbocycles. The first kappa shape index (κ1) is 23.0. The van der Waals surface area contributed by atoms with Crippen LogP contribution in [0.1, 0.15) is 34.6 Å². The van der Waals surface area contributed by atoms with Crippen LogP contribution in [0.2, 0.25) is 5.02 Å². The summed E-state index contributed by atoms with van der Waals surface area (Å²) < 4.78 is 0. The molecule has 3 aromatic rings. The van der Waals surface area contributed by atoms with E-state index in [1.807, 2.05) is 66.6 Å². The van der Waals surface area contributed by atoms with E-state index in [4.69, 9.17) is 11.6 Å². The van der Waals surface area contributed by atoms with Gasteiger partial charge in [0.05, 0.1) is 6.54 Å². The van der Waals surface area contributed by atoms with Crippen LogP contribution < -0.4 is 0 Å². The highest BCUT2D eigenvalue weighted by molar-refractivity contribution is 7.09. The third-order valence-corrected chi connectivity index (χ3v) is 5.90. The van der Waals surface area contributed by atoms with Crippen molar-refractivity contribution < 1.29 is 9.59 Å². The highest BCUT2D eigenvalue weighted by atomic mass is 35.5. The van der Waals surface area contributed by atoms with Gasteiger partial charge in [-0.2, -0.15) is 0 Å². The second-order valence-electron chi connectivity index (χ2n) is 7.90. The van der Waals surface area contributed by atoms with Crippen molar-refractivity contribution in [3.8, 4) is 0 Å². The van der Waals surface area contributed by atoms with Crippen molar-refractivity contribution in [1.29, 1.82) is 0 Å². The first-order valence-electron chi connectivity index (χ1n) is 10.3. The van der Waals surface area contributed by atoms with E-state index < -0.39 is 0 Å². The number of hydrogen-bond acceptors (Lipinski definition) is 3. The van der Waals surface area contributed by atoms with Gasteiger partial charge in [0.1, 0.15) is 6.54 Å². The zero-order valence-electron chi connectivity index (χ0n) is 17.8. The molecule has 1 aromatic heterocycles. The van der Waals surface area contributed by atoms with Gasteiger partial charge in [-0.15, -0.1) is 11.3 Å². The molecule has 6 heteroatoms. The second kappa shape index (κ2) is 11.1. The average Bonchev–Trinajstić information content (AvgIpc) is 3.26. The monoisotopic (exact) mass is 454 g/mol. The van der Waals surface area contributed by atoms with Crippen LogP contribution in [-0.2, 0) is 17.9 Å². The largest absolute Gasteiger partial charge is 0.332 e. The minimum Gasteiger partial charge on any atom is -0.332 e. The Kier molecular flexibility index (Phi) is 8.27. The molecule has 1 heterocycles. The first-order chi connectivity index (χ1) is 14.9. The molecule has 2 amide bonds. The molecule has 0 unspecified atom stereocenters. The van der Waals surface area contributed by atoms with Gasteiger partial charge >= 0.3 is 0 Å². The maximum absolute atomic E-state index is 13.4. The Morgan fingerprint density at radius 2 is 1.61 bits per heavy atom. The maximum atomic E-state index is 13.4. The van der Waals surface area contributed by atoms with Crippen LogP contribution in [0.15, 0.2) is 72.1 Å². The molecule has 0 fully saturated rings. The first-order valence-corrected chi connectivity index (χ1v) is 11.6. The molecule has 31 heavy (non-hydrogen) atoms. The average molecular weight is 455 g/mol. The van der Waals surface area contributed by atoms with Gasteiger partial charge in [-0.25, -0.2) is 0 Å². The minimum absolute atomic E-state index is 0.0395. The number of amides is 2. The lowest BCUT2D eigenvalue weighted by atomic mass is 10.1. The van der Waals surface area contributed by atoms with Gasteiger partial charge in [0.15, 0.2) is 0 Å². The molecule has 3 rings (SSSR count). The summed E-state index contributed by atoms with van der Waals surface area (Å²) in [6.07, 6.45) is 0. The topological polar surface area (TPSA) is 40.6 Å². The third-order valence-electron chi connectivity index (χ3n) is 4.79. The fourth-order valence-corrected chi connectivity index (χ4v) is 4.17. The number of rotatable bonds is 9. The number of hydrogen-bond donors (Lipinski definition) is 0. The van der Waals surface area contributed by atoms with Crippen molar-refractivity contribution in [1.82, 2.24) is 9.80 Å². The van der Waals surface area contributed by atoms with Gasteiger partial charge in [-0.1, -0.05) is 61.8 Å². The summed E-state index contributed by atoms with van der Waals surface area (Å²) in [6, 6.07) is 20.7. The lowest BCUT2D eigenvalue weighted by molar-refractivity contribution is -0.133. The summed E-state index contributed by atoms with van der Waals surface area (Å²) in [5.74, 6) is 0.0126. The van der Waals surface area contributed by atoms with Crippen molar-refractivity contribution >= 4 is 34.8 Å². The van der Waals surface area contributed by atoms with Gasteiger partial charge in [0, 0.05) is 28.6 Å². The van der Waals surface area contributed by atoms with E-state index in [1.54, 1.807) is 40.5 Å². The third kappa shape index (κ3) is 6.94. The van der Waals surface area contributed by atoms with E-state index in [2.05, 4.69) is 0 Å². The van der Waals surface area contributed by atoms with Gasteiger partial charge < -0.3 is 9.80 Å². The fourth-order valence-electron chi connectivity index (χ4n) is 3.33. The minimum atomic E-state index is -0.158. The normalized spacial score (nSPS) is 10.8. The van der Waals surface area contributed by atoms with Crippen molar-refractivity contribution in [3.05, 3.63) is 93.1 Å². The van der Waals surface area contributed by atoms with E-state index in [9.17, 15) is 9.59 Å². The van der Waals surface area contributed by atoms with E-state index in [-0.39, 0.29) is 24.3 Å². The summed E-state index contributed by atoms with van der Waals surface area (Å²) in [6.45, 7) is 5.65. The van der Waals surface area contributed by atoms with Crippen LogP contribution in [0.3, 0.4) is 0 Å². The Balaban J connectivity index is 1.79. The van der Waals surface area contributed by atoms with E-state index in [1.165, 1.54) is 0 Å². The summed E-state index contributed by atoms with van der Waals surface area (Å²) >= 11 is 7.59. The Hall–Kier alpha value is -2.63. The second-order valence-corrected chi connectivity index (χ2v) is 9.37. The molecule has 0 atom stereocenters. The number of nitrogens with zero attached hydrogens (tertiary/aromatic N) is 2. The Bertz CT molecular complexity index is 973. The van der Waals surface area contributed by atoms with Crippen molar-refractivity contribution in [2.24, 2.45) is 5.92 Å². The lowest BCUT2D eigenvalue weighted by Gasteiger charge is -2.29. The van der Waals surface area contributed by atoms with Crippen LogP contribution in [0.5, 0.6) is 0 Å². The van der Waals surface area contributed by atoms with E-state index in [0.29, 0.717) is 30.2 Å². The molecule has 0 saturated heterocycles. The van der Waals surface area contributed by atoms with Crippen molar-refractivity contribution in [3.63, 3.8) is 0 Å². The lowest BCUT2D eigenvalue weighted by Crippen LogP contribution is -2.43. The van der Waals surface area contributed by atoms with Crippen LogP contribution in [0, 0.1) is 5.92 Å². The quantitative estimate of drug-likeness (QED) is 0.414. The van der Waals surface area contributed by atoms with Gasteiger partial charge in [0.25, 0.3) is 5.91 Å². The molecule has 0 bridgehead atoms. The number of thiophene rings is 1. The Morgan fingerprint density at radius 1 is 0.903 bits per heavy atom. The molecule has 0 aliphatic rings. The molecule has 0 saturated carbocycles.